The summed E-state index contributed by atoms with van der Waals surface area (Å²) < 4.78 is 12.7. The first-order chi connectivity index (χ1) is 32.7. The molecule has 2 heterocycles. The van der Waals surface area contributed by atoms with Gasteiger partial charge in [-0.05, 0) is 143 Å². The second-order valence-electron chi connectivity index (χ2n) is 16.6. The SMILES string of the molecule is C(=C\c1ccc(N(c2ccccc2)c2ccc3oc4ccc(-c5ccccc5)cc4c3c2)cc1)/c1ccc(N(c2ccccc2)c2ccc3oc4ccc(-c5ccccc5)cc4c3c2)cc1. The van der Waals surface area contributed by atoms with Crippen LogP contribution in [0.4, 0.5) is 34.1 Å². The monoisotopic (exact) mass is 846 g/mol. The molecule has 0 aliphatic carbocycles. The van der Waals surface area contributed by atoms with Crippen molar-refractivity contribution in [1.82, 2.24) is 0 Å². The third-order valence-electron chi connectivity index (χ3n) is 12.4. The lowest BCUT2D eigenvalue weighted by Crippen LogP contribution is -2.09. The molecule has 4 nitrogen and oxygen atoms in total. The zero-order valence-corrected chi connectivity index (χ0v) is 36.0. The van der Waals surface area contributed by atoms with E-state index in [9.17, 15) is 0 Å². The molecule has 0 amide bonds. The van der Waals surface area contributed by atoms with Crippen LogP contribution < -0.4 is 9.80 Å². The molecule has 0 saturated heterocycles. The Morgan fingerprint density at radius 3 is 0.924 bits per heavy atom. The fourth-order valence-electron chi connectivity index (χ4n) is 9.14. The van der Waals surface area contributed by atoms with E-state index in [1.54, 1.807) is 0 Å². The molecule has 0 radical (unpaired) electrons. The van der Waals surface area contributed by atoms with Gasteiger partial charge in [0.05, 0.1) is 0 Å². The first-order valence-electron chi connectivity index (χ1n) is 22.3. The van der Waals surface area contributed by atoms with Crippen LogP contribution in [0.2, 0.25) is 0 Å². The van der Waals surface area contributed by atoms with Crippen molar-refractivity contribution >= 4 is 90.2 Å². The molecule has 0 N–H and O–H groups in total. The van der Waals surface area contributed by atoms with Gasteiger partial charge in [-0.15, -0.1) is 0 Å². The number of anilines is 6. The third kappa shape index (κ3) is 7.36. The lowest BCUT2D eigenvalue weighted by Gasteiger charge is -2.25. The number of fused-ring (bicyclic) bond motifs is 6. The average molecular weight is 847 g/mol. The predicted molar refractivity (Wildman–Crippen MR) is 277 cm³/mol. The molecule has 12 rings (SSSR count). The van der Waals surface area contributed by atoms with Gasteiger partial charge in [-0.3, -0.25) is 0 Å². The fraction of sp³-hybridized carbons (Fsp3) is 0. The molecular formula is C62H42N2O2. The lowest BCUT2D eigenvalue weighted by molar-refractivity contribution is 0.668. The summed E-state index contributed by atoms with van der Waals surface area (Å²) in [7, 11) is 0. The van der Waals surface area contributed by atoms with E-state index in [4.69, 9.17) is 8.83 Å². The highest BCUT2D eigenvalue weighted by Crippen LogP contribution is 2.42. The van der Waals surface area contributed by atoms with E-state index in [0.717, 1.165) is 89.1 Å². The summed E-state index contributed by atoms with van der Waals surface area (Å²) in [5.41, 5.74) is 16.9. The Morgan fingerprint density at radius 1 is 0.242 bits per heavy atom. The summed E-state index contributed by atoms with van der Waals surface area (Å²) >= 11 is 0. The second-order valence-corrected chi connectivity index (χ2v) is 16.6. The molecule has 0 aliphatic rings. The molecule has 0 spiro atoms. The molecule has 2 aromatic heterocycles. The Morgan fingerprint density at radius 2 is 0.545 bits per heavy atom. The first-order valence-corrected chi connectivity index (χ1v) is 22.3. The predicted octanol–water partition coefficient (Wildman–Crippen LogP) is 17.9. The van der Waals surface area contributed by atoms with Crippen LogP contribution in [0.1, 0.15) is 11.1 Å². The molecule has 312 valence electrons. The van der Waals surface area contributed by atoms with Crippen molar-refractivity contribution in [2.45, 2.75) is 0 Å². The summed E-state index contributed by atoms with van der Waals surface area (Å²) in [4.78, 5) is 4.61. The fourth-order valence-corrected chi connectivity index (χ4v) is 9.14. The quantitative estimate of drug-likeness (QED) is 0.128. The van der Waals surface area contributed by atoms with E-state index in [0.29, 0.717) is 0 Å². The molecule has 12 aromatic rings. The number of benzene rings is 10. The van der Waals surface area contributed by atoms with Crippen molar-refractivity contribution in [2.75, 3.05) is 9.80 Å². The van der Waals surface area contributed by atoms with Crippen LogP contribution in [0, 0.1) is 0 Å². The minimum Gasteiger partial charge on any atom is -0.456 e. The Kier molecular flexibility index (Phi) is 9.81. The molecular weight excluding hydrogens is 805 g/mol. The minimum absolute atomic E-state index is 0.871. The highest BCUT2D eigenvalue weighted by Gasteiger charge is 2.18. The van der Waals surface area contributed by atoms with Gasteiger partial charge < -0.3 is 18.6 Å². The van der Waals surface area contributed by atoms with Crippen molar-refractivity contribution in [3.05, 3.63) is 254 Å². The van der Waals surface area contributed by atoms with Crippen LogP contribution in [0.25, 0.3) is 78.3 Å². The Labute approximate surface area is 383 Å². The molecule has 0 fully saturated rings. The number of para-hydroxylation sites is 2. The lowest BCUT2D eigenvalue weighted by atomic mass is 10.0. The van der Waals surface area contributed by atoms with Gasteiger partial charge in [-0.25, -0.2) is 0 Å². The van der Waals surface area contributed by atoms with Crippen molar-refractivity contribution in [3.63, 3.8) is 0 Å². The summed E-state index contributed by atoms with van der Waals surface area (Å²) in [6.07, 6.45) is 4.35. The van der Waals surface area contributed by atoms with Gasteiger partial charge in [0, 0.05) is 55.7 Å². The maximum absolute atomic E-state index is 6.33. The zero-order valence-electron chi connectivity index (χ0n) is 36.0. The van der Waals surface area contributed by atoms with Crippen LogP contribution >= 0.6 is 0 Å². The Bertz CT molecular complexity index is 3420. The summed E-state index contributed by atoms with van der Waals surface area (Å²) in [6, 6.07) is 85.5. The number of nitrogens with zero attached hydrogens (tertiary/aromatic N) is 2. The second kappa shape index (κ2) is 16.7. The van der Waals surface area contributed by atoms with Gasteiger partial charge in [0.1, 0.15) is 22.3 Å². The van der Waals surface area contributed by atoms with Gasteiger partial charge in [0.15, 0.2) is 0 Å². The maximum atomic E-state index is 6.33. The zero-order chi connectivity index (χ0) is 43.8. The molecule has 0 aliphatic heterocycles. The molecule has 66 heavy (non-hydrogen) atoms. The number of rotatable bonds is 10. The molecule has 0 atom stereocenters. The summed E-state index contributed by atoms with van der Waals surface area (Å²) in [5, 5.41) is 4.38. The number of hydrogen-bond donors (Lipinski definition) is 0. The van der Waals surface area contributed by atoms with Crippen molar-refractivity contribution in [1.29, 1.82) is 0 Å². The largest absolute Gasteiger partial charge is 0.456 e. The average Bonchev–Trinajstić information content (AvgIpc) is 3.95. The molecule has 0 unspecified atom stereocenters. The summed E-state index contributed by atoms with van der Waals surface area (Å²) in [5.74, 6) is 0. The van der Waals surface area contributed by atoms with Crippen LogP contribution in [-0.2, 0) is 0 Å². The third-order valence-corrected chi connectivity index (χ3v) is 12.4. The van der Waals surface area contributed by atoms with E-state index in [1.807, 2.05) is 0 Å². The van der Waals surface area contributed by atoms with Crippen molar-refractivity contribution in [3.8, 4) is 22.3 Å². The van der Waals surface area contributed by atoms with Gasteiger partial charge in [0.25, 0.3) is 0 Å². The van der Waals surface area contributed by atoms with E-state index >= 15 is 0 Å². The van der Waals surface area contributed by atoms with E-state index < -0.39 is 0 Å². The van der Waals surface area contributed by atoms with Gasteiger partial charge >= 0.3 is 0 Å². The van der Waals surface area contributed by atoms with Gasteiger partial charge in [-0.1, -0.05) is 146 Å². The van der Waals surface area contributed by atoms with Crippen LogP contribution in [0.15, 0.2) is 251 Å². The standard InChI is InChI=1S/C62H42N2O2/c1-5-13-45(14-6-1)47-27-35-59-55(39-47)57-41-53(33-37-61(57)65-59)63(49-17-9-3-10-18-49)51-29-23-43(24-30-51)21-22-44-25-31-52(32-26-44)64(50-19-11-4-12-20-50)54-34-38-62-58(42-54)56-40-48(28-36-60(56)66-62)46-15-7-2-8-16-46/h1-42H/b22-21+. The van der Waals surface area contributed by atoms with Gasteiger partial charge in [-0.2, -0.15) is 0 Å². The van der Waals surface area contributed by atoms with Gasteiger partial charge in [0.2, 0.25) is 0 Å². The van der Waals surface area contributed by atoms with Crippen molar-refractivity contribution in [2.24, 2.45) is 0 Å². The maximum Gasteiger partial charge on any atom is 0.135 e. The number of furan rings is 2. The van der Waals surface area contributed by atoms with Crippen LogP contribution in [0.5, 0.6) is 0 Å². The van der Waals surface area contributed by atoms with Crippen molar-refractivity contribution < 1.29 is 8.83 Å². The van der Waals surface area contributed by atoms with E-state index in [2.05, 4.69) is 265 Å². The Balaban J connectivity index is 0.831. The normalized spacial score (nSPS) is 11.6. The molecule has 10 aromatic carbocycles. The van der Waals surface area contributed by atoms with E-state index in [1.165, 1.54) is 22.3 Å². The first kappa shape index (κ1) is 38.8. The highest BCUT2D eigenvalue weighted by atomic mass is 16.3. The van der Waals surface area contributed by atoms with Crippen LogP contribution in [-0.4, -0.2) is 0 Å². The highest BCUT2D eigenvalue weighted by molar-refractivity contribution is 6.09. The number of hydrogen-bond acceptors (Lipinski definition) is 4. The minimum atomic E-state index is 0.871. The van der Waals surface area contributed by atoms with E-state index in [-0.39, 0.29) is 0 Å². The molecule has 0 saturated carbocycles. The van der Waals surface area contributed by atoms with Crippen LogP contribution in [0.3, 0.4) is 0 Å². The summed E-state index contributed by atoms with van der Waals surface area (Å²) in [6.45, 7) is 0. The molecule has 4 heteroatoms. The molecule has 0 bridgehead atoms. The topological polar surface area (TPSA) is 32.8 Å². The smallest absolute Gasteiger partial charge is 0.135 e. The Hall–Kier alpha value is -8.86.